The van der Waals surface area contributed by atoms with Gasteiger partial charge in [-0.2, -0.15) is 0 Å². The average molecular weight is 703 g/mol. The van der Waals surface area contributed by atoms with Crippen LogP contribution in [0.3, 0.4) is 0 Å². The van der Waals surface area contributed by atoms with Crippen molar-refractivity contribution in [3.05, 3.63) is 67.8 Å². The Morgan fingerprint density at radius 3 is 2.21 bits per heavy atom. The first-order chi connectivity index (χ1) is 22.5. The normalized spacial score (nSPS) is 29.3. The van der Waals surface area contributed by atoms with Crippen LogP contribution in [0.5, 0.6) is 11.5 Å². The van der Waals surface area contributed by atoms with Crippen LogP contribution in [0.4, 0.5) is 22.7 Å². The second-order valence-electron chi connectivity index (χ2n) is 12.4. The van der Waals surface area contributed by atoms with E-state index in [0.717, 1.165) is 17.0 Å². The SMILES string of the molecule is CCOc1cccc(C2C3=CCC4C(=O)N(c5cc([N+](=O)[O-])c(N(C)C)c([N+](=O)[O-])c5)C(=O)C4C3CC3(Cl)C(=O)N(C)C(=O)C23Cl)c1O. The predicted molar refractivity (Wildman–Crippen MR) is 171 cm³/mol. The number of likely N-dealkylation sites (tertiary alicyclic amines) is 1. The van der Waals surface area contributed by atoms with Crippen molar-refractivity contribution in [1.82, 2.24) is 4.90 Å². The highest BCUT2D eigenvalue weighted by molar-refractivity contribution is 6.53. The Balaban J connectivity index is 1.52. The van der Waals surface area contributed by atoms with Gasteiger partial charge >= 0.3 is 11.4 Å². The van der Waals surface area contributed by atoms with Crippen LogP contribution in [-0.2, 0) is 19.2 Å². The molecule has 3 fully saturated rings. The molecule has 2 aliphatic heterocycles. The molecule has 0 bridgehead atoms. The van der Waals surface area contributed by atoms with E-state index in [2.05, 4.69) is 0 Å². The summed E-state index contributed by atoms with van der Waals surface area (Å²) < 4.78 is 5.57. The van der Waals surface area contributed by atoms with Gasteiger partial charge < -0.3 is 14.7 Å². The number of nitro groups is 2. The van der Waals surface area contributed by atoms with Gasteiger partial charge in [-0.05, 0) is 31.7 Å². The number of nitro benzene ring substituents is 2. The van der Waals surface area contributed by atoms with Crippen molar-refractivity contribution < 1.29 is 38.9 Å². The molecular formula is C31H29Cl2N5O10. The van der Waals surface area contributed by atoms with Crippen molar-refractivity contribution >= 4 is 69.6 Å². The van der Waals surface area contributed by atoms with Gasteiger partial charge in [0.25, 0.3) is 11.8 Å². The molecule has 0 radical (unpaired) electrons. The van der Waals surface area contributed by atoms with Gasteiger partial charge in [-0.15, -0.1) is 23.2 Å². The lowest BCUT2D eigenvalue weighted by Gasteiger charge is -2.50. The summed E-state index contributed by atoms with van der Waals surface area (Å²) in [5.74, 6) is -7.91. The Labute approximate surface area is 282 Å². The monoisotopic (exact) mass is 701 g/mol. The number of rotatable bonds is 7. The van der Waals surface area contributed by atoms with Gasteiger partial charge in [0.1, 0.15) is 0 Å². The first-order valence-electron chi connectivity index (χ1n) is 14.9. The van der Waals surface area contributed by atoms with Crippen LogP contribution in [0, 0.1) is 38.0 Å². The molecule has 6 unspecified atom stereocenters. The molecule has 2 heterocycles. The summed E-state index contributed by atoms with van der Waals surface area (Å²) in [4.78, 5) is 76.6. The summed E-state index contributed by atoms with van der Waals surface area (Å²) in [6.07, 6.45) is 1.27. The maximum atomic E-state index is 14.3. The van der Waals surface area contributed by atoms with Crippen molar-refractivity contribution in [3.63, 3.8) is 0 Å². The summed E-state index contributed by atoms with van der Waals surface area (Å²) in [6.45, 7) is 1.90. The van der Waals surface area contributed by atoms with Crippen LogP contribution in [0.15, 0.2) is 42.0 Å². The molecule has 4 amide bonds. The minimum absolute atomic E-state index is 0.0415. The first kappa shape index (κ1) is 33.2. The molecule has 2 aromatic rings. The summed E-state index contributed by atoms with van der Waals surface area (Å²) in [5, 5.41) is 35.4. The number of allylic oxidation sites excluding steroid dienone is 2. The molecule has 252 valence electrons. The molecule has 1 N–H and O–H groups in total. The van der Waals surface area contributed by atoms with Gasteiger partial charge in [-0.3, -0.25) is 44.3 Å². The van der Waals surface area contributed by atoms with Crippen LogP contribution in [0.1, 0.15) is 31.2 Å². The number of phenols is 1. The number of hydrogen-bond donors (Lipinski definition) is 1. The highest BCUT2D eigenvalue weighted by Gasteiger charge is 2.76. The highest BCUT2D eigenvalue weighted by Crippen LogP contribution is 2.66. The zero-order chi connectivity index (χ0) is 35.2. The van der Waals surface area contributed by atoms with Crippen LogP contribution in [0.2, 0.25) is 0 Å². The minimum atomic E-state index is -2.15. The average Bonchev–Trinajstić information content (AvgIpc) is 3.36. The lowest BCUT2D eigenvalue weighted by molar-refractivity contribution is -0.392. The van der Waals surface area contributed by atoms with E-state index in [-0.39, 0.29) is 47.9 Å². The van der Waals surface area contributed by atoms with E-state index in [1.165, 1.54) is 38.2 Å². The van der Waals surface area contributed by atoms with Gasteiger partial charge in [0.2, 0.25) is 11.8 Å². The molecule has 6 atom stereocenters. The van der Waals surface area contributed by atoms with Gasteiger partial charge in [0.15, 0.2) is 26.9 Å². The van der Waals surface area contributed by atoms with Crippen molar-refractivity contribution in [1.29, 1.82) is 0 Å². The number of anilines is 2. The van der Waals surface area contributed by atoms with Crippen molar-refractivity contribution in [2.75, 3.05) is 37.5 Å². The fraction of sp³-hybridized carbons (Fsp3) is 0.419. The minimum Gasteiger partial charge on any atom is -0.504 e. The van der Waals surface area contributed by atoms with E-state index in [1.54, 1.807) is 19.1 Å². The standard InChI is InChI=1S/C31H29Cl2N5O10/c1-5-48-21-8-6-7-17(25(21)39)23-15-9-10-16-22(18(15)13-30(32)28(42)35(4)29(43)31(23,30)33)27(41)36(26(16)40)14-11-19(37(44)45)24(34(2)3)20(12-14)38(46)47/h6-9,11-12,16,18,22-23,39H,5,10,13H2,1-4H3. The second kappa shape index (κ2) is 11.2. The smallest absolute Gasteiger partial charge is 0.301 e. The molecule has 2 aliphatic carbocycles. The van der Waals surface area contributed by atoms with Gasteiger partial charge in [0, 0.05) is 44.8 Å². The number of alkyl halides is 2. The molecule has 2 aromatic carbocycles. The van der Waals surface area contributed by atoms with Crippen LogP contribution in [0.25, 0.3) is 0 Å². The van der Waals surface area contributed by atoms with Crippen molar-refractivity contribution in [3.8, 4) is 11.5 Å². The molecule has 0 aromatic heterocycles. The number of carbonyl (C=O) groups excluding carboxylic acids is 4. The quantitative estimate of drug-likeness (QED) is 0.145. The number of nitrogens with zero attached hydrogens (tertiary/aromatic N) is 5. The predicted octanol–water partition coefficient (Wildman–Crippen LogP) is 3.87. The number of aromatic hydroxyl groups is 1. The Hall–Kier alpha value is -4.76. The molecule has 1 saturated carbocycles. The third-order valence-corrected chi connectivity index (χ3v) is 11.2. The van der Waals surface area contributed by atoms with E-state index < -0.39 is 78.3 Å². The van der Waals surface area contributed by atoms with Gasteiger partial charge in [-0.25, -0.2) is 4.90 Å². The van der Waals surface area contributed by atoms with Crippen molar-refractivity contribution in [2.24, 2.45) is 17.8 Å². The van der Waals surface area contributed by atoms with Gasteiger partial charge in [-0.1, -0.05) is 23.8 Å². The molecule has 15 nitrogen and oxygen atoms in total. The van der Waals surface area contributed by atoms with Crippen LogP contribution >= 0.6 is 23.2 Å². The summed E-state index contributed by atoms with van der Waals surface area (Å²) >= 11 is 14.3. The number of fused-ring (bicyclic) bond motifs is 4. The maximum absolute atomic E-state index is 14.3. The molecule has 17 heteroatoms. The third kappa shape index (κ3) is 4.26. The zero-order valence-electron chi connectivity index (χ0n) is 26.0. The topological polar surface area (TPSA) is 194 Å². The van der Waals surface area contributed by atoms with E-state index in [9.17, 15) is 44.5 Å². The fourth-order valence-electron chi connectivity index (χ4n) is 7.84. The molecule has 4 aliphatic rings. The summed E-state index contributed by atoms with van der Waals surface area (Å²) in [5.41, 5.74) is -1.55. The number of carbonyl (C=O) groups is 4. The Bertz CT molecular complexity index is 1850. The number of hydrogen-bond acceptors (Lipinski definition) is 11. The number of halogens is 2. The van der Waals surface area contributed by atoms with Crippen molar-refractivity contribution in [2.45, 2.75) is 35.4 Å². The highest BCUT2D eigenvalue weighted by atomic mass is 35.5. The molecular weight excluding hydrogens is 673 g/mol. The fourth-order valence-corrected chi connectivity index (χ4v) is 8.85. The Morgan fingerprint density at radius 2 is 1.65 bits per heavy atom. The lowest BCUT2D eigenvalue weighted by Crippen LogP contribution is -2.60. The molecule has 0 spiro atoms. The number of amides is 4. The lowest BCUT2D eigenvalue weighted by atomic mass is 9.56. The van der Waals surface area contributed by atoms with E-state index >= 15 is 0 Å². The first-order valence-corrected chi connectivity index (χ1v) is 15.6. The van der Waals surface area contributed by atoms with E-state index in [0.29, 0.717) is 10.5 Å². The largest absolute Gasteiger partial charge is 0.504 e. The third-order valence-electron chi connectivity index (χ3n) is 9.81. The summed E-state index contributed by atoms with van der Waals surface area (Å²) in [6, 6.07) is 6.46. The zero-order valence-corrected chi connectivity index (χ0v) is 27.5. The van der Waals surface area contributed by atoms with Crippen LogP contribution < -0.4 is 14.5 Å². The summed E-state index contributed by atoms with van der Waals surface area (Å²) in [7, 11) is 4.00. The molecule has 48 heavy (non-hydrogen) atoms. The number of phenolic OH excluding ortho intramolecular Hbond substituents is 1. The maximum Gasteiger partial charge on any atom is 0.301 e. The molecule has 6 rings (SSSR count). The number of benzene rings is 2. The van der Waals surface area contributed by atoms with E-state index in [4.69, 9.17) is 27.9 Å². The number of ether oxygens (including phenoxy) is 1. The van der Waals surface area contributed by atoms with Crippen LogP contribution in [-0.4, -0.2) is 81.0 Å². The second-order valence-corrected chi connectivity index (χ2v) is 13.6. The van der Waals surface area contributed by atoms with E-state index in [1.807, 2.05) is 0 Å². The Morgan fingerprint density at radius 1 is 1.02 bits per heavy atom. The Kier molecular flexibility index (Phi) is 7.71. The van der Waals surface area contributed by atoms with Gasteiger partial charge in [0.05, 0.1) is 34.0 Å². The molecule has 2 saturated heterocycles. The number of para-hydroxylation sites is 1. The number of imide groups is 2.